The maximum absolute atomic E-state index is 13.2. The molecule has 8 nitrogen and oxygen atoms in total. The Morgan fingerprint density at radius 1 is 1.06 bits per heavy atom. The Balaban J connectivity index is 1.62. The van der Waals surface area contributed by atoms with Crippen molar-refractivity contribution in [3.63, 3.8) is 0 Å². The van der Waals surface area contributed by atoms with Gasteiger partial charge in [0.1, 0.15) is 12.4 Å². The molecule has 0 aliphatic carbocycles. The lowest BCUT2D eigenvalue weighted by Gasteiger charge is -2.16. The molecule has 4 aromatic rings. The number of ether oxygens (including phenoxy) is 2. The Bertz CT molecular complexity index is 1310. The van der Waals surface area contributed by atoms with Gasteiger partial charge in [0.15, 0.2) is 0 Å². The number of nitrogens with zero attached hydrogens (tertiary/aromatic N) is 5. The van der Waals surface area contributed by atoms with Crippen molar-refractivity contribution in [3.05, 3.63) is 69.7 Å². The minimum absolute atomic E-state index is 0.0685. The Kier molecular flexibility index (Phi) is 6.99. The van der Waals surface area contributed by atoms with Crippen LogP contribution in [0.1, 0.15) is 6.42 Å². The van der Waals surface area contributed by atoms with Crippen LogP contribution < -0.4 is 10.3 Å². The van der Waals surface area contributed by atoms with E-state index < -0.39 is 0 Å². The minimum Gasteiger partial charge on any atom is -0.492 e. The monoisotopic (exact) mass is 453 g/mol. The van der Waals surface area contributed by atoms with Gasteiger partial charge in [-0.2, -0.15) is 0 Å². The van der Waals surface area contributed by atoms with Crippen molar-refractivity contribution >= 4 is 28.9 Å². The van der Waals surface area contributed by atoms with Crippen molar-refractivity contribution in [1.29, 1.82) is 0 Å². The lowest BCUT2D eigenvalue weighted by Crippen LogP contribution is -2.27. The van der Waals surface area contributed by atoms with Crippen LogP contribution in [0.2, 0.25) is 0 Å². The van der Waals surface area contributed by atoms with Gasteiger partial charge >= 0.3 is 0 Å². The lowest BCUT2D eigenvalue weighted by molar-refractivity contribution is 0.190. The van der Waals surface area contributed by atoms with Crippen molar-refractivity contribution in [2.45, 2.75) is 19.6 Å². The van der Waals surface area contributed by atoms with E-state index in [0.29, 0.717) is 55.3 Å². The summed E-state index contributed by atoms with van der Waals surface area (Å²) in [7, 11) is 3.64. The molecule has 2 aromatic carbocycles. The van der Waals surface area contributed by atoms with Crippen LogP contribution >= 0.6 is 12.2 Å². The molecule has 0 bridgehead atoms. The highest BCUT2D eigenvalue weighted by Gasteiger charge is 2.16. The topological polar surface area (TPSA) is 65.9 Å². The fourth-order valence-corrected chi connectivity index (χ4v) is 3.94. The number of para-hydroxylation sites is 2. The summed E-state index contributed by atoms with van der Waals surface area (Å²) in [5, 5.41) is 5.35. The van der Waals surface area contributed by atoms with Crippen molar-refractivity contribution in [1.82, 2.24) is 23.6 Å². The standard InChI is InChI=1S/C23H27N5O3S/c1-25(14-16-31-18-9-4-3-5-10-18)17-27-23(32)28-20-12-7-6-11-19(20)21(29)26(22(28)24-27)13-8-15-30-2/h3-7,9-12H,8,13-17H2,1-2H3. The molecule has 0 saturated carbocycles. The molecule has 0 saturated heterocycles. The van der Waals surface area contributed by atoms with E-state index in [9.17, 15) is 4.79 Å². The van der Waals surface area contributed by atoms with Gasteiger partial charge < -0.3 is 9.47 Å². The molecule has 0 spiro atoms. The van der Waals surface area contributed by atoms with Gasteiger partial charge in [0.05, 0.1) is 17.6 Å². The summed E-state index contributed by atoms with van der Waals surface area (Å²) in [5.74, 6) is 1.39. The summed E-state index contributed by atoms with van der Waals surface area (Å²) >= 11 is 5.77. The predicted octanol–water partition coefficient (Wildman–Crippen LogP) is 3.18. The summed E-state index contributed by atoms with van der Waals surface area (Å²) in [6.07, 6.45) is 0.709. The van der Waals surface area contributed by atoms with E-state index in [-0.39, 0.29) is 5.56 Å². The highest BCUT2D eigenvalue weighted by atomic mass is 32.1. The second-order valence-corrected chi connectivity index (χ2v) is 7.99. The maximum Gasteiger partial charge on any atom is 0.262 e. The molecule has 0 amide bonds. The fourth-order valence-electron chi connectivity index (χ4n) is 3.66. The molecule has 0 atom stereocenters. The van der Waals surface area contributed by atoms with E-state index >= 15 is 0 Å². The maximum atomic E-state index is 13.2. The molecule has 0 aliphatic rings. The van der Waals surface area contributed by atoms with Gasteiger partial charge in [-0.05, 0) is 50.0 Å². The highest BCUT2D eigenvalue weighted by molar-refractivity contribution is 7.71. The average Bonchev–Trinajstić information content (AvgIpc) is 3.12. The Morgan fingerprint density at radius 3 is 2.59 bits per heavy atom. The first-order valence-electron chi connectivity index (χ1n) is 10.6. The number of aromatic nitrogens is 4. The van der Waals surface area contributed by atoms with Gasteiger partial charge in [-0.25, -0.2) is 4.68 Å². The molecule has 0 aliphatic heterocycles. The second kappa shape index (κ2) is 10.1. The van der Waals surface area contributed by atoms with Crippen molar-refractivity contribution in [3.8, 4) is 5.75 Å². The third kappa shape index (κ3) is 4.59. The second-order valence-electron chi connectivity index (χ2n) is 7.62. The van der Waals surface area contributed by atoms with Crippen LogP contribution in [-0.4, -0.2) is 57.6 Å². The first-order valence-corrected chi connectivity index (χ1v) is 11.0. The van der Waals surface area contributed by atoms with E-state index in [1.165, 1.54) is 0 Å². The molecular weight excluding hydrogens is 426 g/mol. The van der Waals surface area contributed by atoms with Gasteiger partial charge in [-0.1, -0.05) is 30.3 Å². The number of aryl methyl sites for hydroxylation is 1. The van der Waals surface area contributed by atoms with E-state index in [0.717, 1.165) is 11.3 Å². The molecule has 32 heavy (non-hydrogen) atoms. The lowest BCUT2D eigenvalue weighted by atomic mass is 10.2. The van der Waals surface area contributed by atoms with Gasteiger partial charge in [0.2, 0.25) is 10.5 Å². The molecule has 2 heterocycles. The van der Waals surface area contributed by atoms with Crippen LogP contribution in [0.15, 0.2) is 59.4 Å². The van der Waals surface area contributed by atoms with Crippen LogP contribution in [0, 0.1) is 4.77 Å². The van der Waals surface area contributed by atoms with Gasteiger partial charge in [-0.3, -0.25) is 18.7 Å². The molecule has 168 valence electrons. The van der Waals surface area contributed by atoms with Crippen molar-refractivity contribution in [2.75, 3.05) is 33.9 Å². The first-order chi connectivity index (χ1) is 15.6. The fraction of sp³-hybridized carbons (Fsp3) is 0.348. The van der Waals surface area contributed by atoms with Crippen LogP contribution in [-0.2, 0) is 18.0 Å². The van der Waals surface area contributed by atoms with Crippen LogP contribution in [0.25, 0.3) is 16.7 Å². The SMILES string of the molecule is COCCCn1c(=O)c2ccccc2n2c(=S)n(CN(C)CCOc3ccccc3)nc12. The molecule has 0 unspecified atom stereocenters. The molecule has 9 heteroatoms. The molecule has 2 aromatic heterocycles. The van der Waals surface area contributed by atoms with Gasteiger partial charge in [0.25, 0.3) is 5.56 Å². The highest BCUT2D eigenvalue weighted by Crippen LogP contribution is 2.15. The van der Waals surface area contributed by atoms with Crippen molar-refractivity contribution in [2.24, 2.45) is 0 Å². The average molecular weight is 454 g/mol. The number of benzene rings is 2. The van der Waals surface area contributed by atoms with Gasteiger partial charge in [-0.15, -0.1) is 5.10 Å². The zero-order valence-corrected chi connectivity index (χ0v) is 19.1. The minimum atomic E-state index is -0.0685. The summed E-state index contributed by atoms with van der Waals surface area (Å²) in [4.78, 5) is 15.2. The molecule has 4 rings (SSSR count). The number of fused-ring (bicyclic) bond motifs is 3. The number of likely N-dealkylation sites (N-methyl/N-ethyl adjacent to an activating group) is 1. The van der Waals surface area contributed by atoms with Crippen LogP contribution in [0.5, 0.6) is 5.75 Å². The molecular formula is C23H27N5O3S. The van der Waals surface area contributed by atoms with Crippen LogP contribution in [0.3, 0.4) is 0 Å². The summed E-state index contributed by atoms with van der Waals surface area (Å²) in [6, 6.07) is 17.2. The van der Waals surface area contributed by atoms with Crippen molar-refractivity contribution < 1.29 is 9.47 Å². The quantitative estimate of drug-likeness (QED) is 0.271. The number of hydrogen-bond acceptors (Lipinski definition) is 6. The molecule has 0 N–H and O–H groups in total. The summed E-state index contributed by atoms with van der Waals surface area (Å²) in [5.41, 5.74) is 0.697. The number of rotatable bonds is 10. The summed E-state index contributed by atoms with van der Waals surface area (Å²) < 4.78 is 16.8. The third-order valence-corrected chi connectivity index (χ3v) is 5.67. The van der Waals surface area contributed by atoms with E-state index in [2.05, 4.69) is 4.90 Å². The first kappa shape index (κ1) is 22.2. The van der Waals surface area contributed by atoms with Crippen LogP contribution in [0.4, 0.5) is 0 Å². The molecule has 0 fully saturated rings. The van der Waals surface area contributed by atoms with E-state index in [4.69, 9.17) is 26.8 Å². The predicted molar refractivity (Wildman–Crippen MR) is 127 cm³/mol. The smallest absolute Gasteiger partial charge is 0.262 e. The summed E-state index contributed by atoms with van der Waals surface area (Å²) in [6.45, 7) is 2.81. The number of hydrogen-bond donors (Lipinski definition) is 0. The Morgan fingerprint density at radius 2 is 1.81 bits per heavy atom. The third-order valence-electron chi connectivity index (χ3n) is 5.27. The van der Waals surface area contributed by atoms with E-state index in [1.54, 1.807) is 16.4 Å². The zero-order chi connectivity index (χ0) is 22.5. The largest absolute Gasteiger partial charge is 0.492 e. The van der Waals surface area contributed by atoms with Gasteiger partial charge in [0, 0.05) is 26.8 Å². The number of methoxy groups -OCH3 is 1. The zero-order valence-electron chi connectivity index (χ0n) is 18.3. The molecule has 0 radical (unpaired) electrons. The van der Waals surface area contributed by atoms with E-state index in [1.807, 2.05) is 66.0 Å². The Hall–Kier alpha value is -3.01. The normalized spacial score (nSPS) is 11.6. The Labute approximate surface area is 191 Å².